The van der Waals surface area contributed by atoms with Gasteiger partial charge in [-0.25, -0.2) is 0 Å². The third kappa shape index (κ3) is 5.95. The molecule has 34 heavy (non-hydrogen) atoms. The van der Waals surface area contributed by atoms with E-state index in [-0.39, 0.29) is 36.7 Å². The topological polar surface area (TPSA) is 87.7 Å². The molecule has 1 aliphatic rings. The van der Waals surface area contributed by atoms with E-state index in [2.05, 4.69) is 10.6 Å². The van der Waals surface area contributed by atoms with E-state index in [1.807, 2.05) is 30.5 Å². The maximum Gasteiger partial charge on any atom is 0.262 e. The number of nitrogens with one attached hydrogen (secondary N) is 2. The Hall–Kier alpha value is -3.36. The number of aryl methyl sites for hydroxylation is 1. The van der Waals surface area contributed by atoms with Gasteiger partial charge in [0.05, 0.1) is 12.5 Å². The second-order valence-corrected chi connectivity index (χ2v) is 9.46. The van der Waals surface area contributed by atoms with Crippen LogP contribution in [-0.4, -0.2) is 30.9 Å². The van der Waals surface area contributed by atoms with Crippen LogP contribution in [0.15, 0.2) is 60.0 Å². The van der Waals surface area contributed by atoms with Crippen molar-refractivity contribution < 1.29 is 19.1 Å². The SMILES string of the molecule is Cc1ccc(Cl)cc1NC(=O)COc1ccc(N2C[C@@H](C(=O)NCc3cccs3)CC2=O)cc1. The van der Waals surface area contributed by atoms with Crippen molar-refractivity contribution in [3.63, 3.8) is 0 Å². The molecule has 7 nitrogen and oxygen atoms in total. The number of ether oxygens (including phenoxy) is 1. The van der Waals surface area contributed by atoms with Gasteiger partial charge in [-0.2, -0.15) is 0 Å². The highest BCUT2D eigenvalue weighted by Crippen LogP contribution is 2.27. The lowest BCUT2D eigenvalue weighted by atomic mass is 10.1. The number of halogens is 1. The van der Waals surface area contributed by atoms with E-state index in [9.17, 15) is 14.4 Å². The summed E-state index contributed by atoms with van der Waals surface area (Å²) in [6.07, 6.45) is 0.178. The highest BCUT2D eigenvalue weighted by Gasteiger charge is 2.35. The van der Waals surface area contributed by atoms with E-state index < -0.39 is 0 Å². The lowest BCUT2D eigenvalue weighted by Gasteiger charge is -2.17. The van der Waals surface area contributed by atoms with Crippen molar-refractivity contribution in [3.8, 4) is 5.75 Å². The van der Waals surface area contributed by atoms with Gasteiger partial charge in [-0.05, 0) is 60.3 Å². The molecule has 1 saturated heterocycles. The highest BCUT2D eigenvalue weighted by molar-refractivity contribution is 7.09. The van der Waals surface area contributed by atoms with E-state index in [0.717, 1.165) is 10.4 Å². The molecule has 2 aromatic carbocycles. The fourth-order valence-corrected chi connectivity index (χ4v) is 4.47. The first kappa shape index (κ1) is 23.8. The van der Waals surface area contributed by atoms with Gasteiger partial charge < -0.3 is 20.3 Å². The van der Waals surface area contributed by atoms with Crippen LogP contribution in [0.2, 0.25) is 5.02 Å². The zero-order valence-corrected chi connectivity index (χ0v) is 20.1. The molecule has 0 spiro atoms. The van der Waals surface area contributed by atoms with Crippen molar-refractivity contribution in [2.45, 2.75) is 19.9 Å². The predicted octanol–water partition coefficient (Wildman–Crippen LogP) is 4.40. The molecule has 1 fully saturated rings. The third-order valence-corrected chi connectivity index (χ3v) is 6.62. The van der Waals surface area contributed by atoms with Gasteiger partial charge >= 0.3 is 0 Å². The summed E-state index contributed by atoms with van der Waals surface area (Å²) in [5.74, 6) is -0.410. The zero-order valence-electron chi connectivity index (χ0n) is 18.5. The molecule has 0 radical (unpaired) electrons. The van der Waals surface area contributed by atoms with Crippen LogP contribution in [0.5, 0.6) is 5.75 Å². The molecule has 0 unspecified atom stereocenters. The Kier molecular flexibility index (Phi) is 7.49. The maximum atomic E-state index is 12.5. The Balaban J connectivity index is 1.28. The van der Waals surface area contributed by atoms with Gasteiger partial charge in [0.25, 0.3) is 5.91 Å². The van der Waals surface area contributed by atoms with Crippen LogP contribution in [0.4, 0.5) is 11.4 Å². The van der Waals surface area contributed by atoms with E-state index >= 15 is 0 Å². The molecule has 176 valence electrons. The highest BCUT2D eigenvalue weighted by atomic mass is 35.5. The van der Waals surface area contributed by atoms with Crippen LogP contribution < -0.4 is 20.3 Å². The number of nitrogens with zero attached hydrogens (tertiary/aromatic N) is 1. The second kappa shape index (κ2) is 10.7. The molecular formula is C25H24ClN3O4S. The van der Waals surface area contributed by atoms with E-state index in [1.165, 1.54) is 0 Å². The Morgan fingerprint density at radius 1 is 1.18 bits per heavy atom. The minimum atomic E-state index is -0.387. The van der Waals surface area contributed by atoms with Gasteiger partial charge in [0.15, 0.2) is 6.61 Å². The summed E-state index contributed by atoms with van der Waals surface area (Å²) in [7, 11) is 0. The summed E-state index contributed by atoms with van der Waals surface area (Å²) in [5.41, 5.74) is 2.22. The minimum Gasteiger partial charge on any atom is -0.484 e. The molecule has 0 bridgehead atoms. The Bertz CT molecular complexity index is 1180. The summed E-state index contributed by atoms with van der Waals surface area (Å²) in [6, 6.07) is 16.1. The van der Waals surface area contributed by atoms with Crippen LogP contribution in [-0.2, 0) is 20.9 Å². The lowest BCUT2D eigenvalue weighted by molar-refractivity contribution is -0.126. The summed E-state index contributed by atoms with van der Waals surface area (Å²) < 4.78 is 5.57. The van der Waals surface area contributed by atoms with Gasteiger partial charge in [0.1, 0.15) is 5.75 Å². The molecule has 0 saturated carbocycles. The molecule has 1 aromatic heterocycles. The lowest BCUT2D eigenvalue weighted by Crippen LogP contribution is -2.32. The molecule has 0 aliphatic carbocycles. The number of carbonyl (C=O) groups excluding carboxylic acids is 3. The number of thiophene rings is 1. The number of hydrogen-bond donors (Lipinski definition) is 2. The van der Waals surface area contributed by atoms with Gasteiger partial charge in [0.2, 0.25) is 11.8 Å². The summed E-state index contributed by atoms with van der Waals surface area (Å²) in [6.45, 7) is 2.51. The number of carbonyl (C=O) groups is 3. The molecule has 4 rings (SSSR count). The molecule has 2 heterocycles. The summed E-state index contributed by atoms with van der Waals surface area (Å²) in [4.78, 5) is 39.9. The number of anilines is 2. The van der Waals surface area contributed by atoms with Crippen molar-refractivity contribution >= 4 is 52.0 Å². The Morgan fingerprint density at radius 3 is 2.71 bits per heavy atom. The van der Waals surface area contributed by atoms with Crippen LogP contribution >= 0.6 is 22.9 Å². The quantitative estimate of drug-likeness (QED) is 0.483. The molecule has 3 aromatic rings. The first-order chi connectivity index (χ1) is 16.4. The average Bonchev–Trinajstić information content (AvgIpc) is 3.49. The van der Waals surface area contributed by atoms with E-state index in [4.69, 9.17) is 16.3 Å². The van der Waals surface area contributed by atoms with Gasteiger partial charge in [-0.15, -0.1) is 11.3 Å². The zero-order chi connectivity index (χ0) is 24.1. The number of benzene rings is 2. The normalized spacial score (nSPS) is 15.3. The van der Waals surface area contributed by atoms with Crippen LogP contribution in [0.3, 0.4) is 0 Å². The summed E-state index contributed by atoms with van der Waals surface area (Å²) in [5, 5.41) is 8.19. The number of amides is 3. The van der Waals surface area contributed by atoms with E-state index in [0.29, 0.717) is 35.2 Å². The first-order valence-corrected chi connectivity index (χ1v) is 12.0. The average molecular weight is 498 g/mol. The number of rotatable bonds is 8. The van der Waals surface area contributed by atoms with Gasteiger partial charge in [-0.1, -0.05) is 23.7 Å². The van der Waals surface area contributed by atoms with Crippen molar-refractivity contribution in [1.29, 1.82) is 0 Å². The Morgan fingerprint density at radius 2 is 1.97 bits per heavy atom. The van der Waals surface area contributed by atoms with E-state index in [1.54, 1.807) is 52.6 Å². The van der Waals surface area contributed by atoms with Crippen molar-refractivity contribution in [2.75, 3.05) is 23.4 Å². The minimum absolute atomic E-state index is 0.0961. The van der Waals surface area contributed by atoms with Gasteiger partial charge in [-0.3, -0.25) is 14.4 Å². The van der Waals surface area contributed by atoms with Crippen LogP contribution in [0.1, 0.15) is 16.9 Å². The molecule has 1 atom stereocenters. The van der Waals surface area contributed by atoms with Crippen LogP contribution in [0, 0.1) is 12.8 Å². The molecular weight excluding hydrogens is 474 g/mol. The van der Waals surface area contributed by atoms with Crippen molar-refractivity contribution in [3.05, 3.63) is 75.4 Å². The standard InChI is InChI=1S/C25H24ClN3O4S/c1-16-4-5-18(26)12-22(16)28-23(30)15-33-20-8-6-19(7-9-20)29-14-17(11-24(29)31)25(32)27-13-21-3-2-10-34-21/h2-10,12,17H,11,13-15H2,1H3,(H,27,32)(H,28,30)/t17-/m0/s1. The molecule has 3 amide bonds. The van der Waals surface area contributed by atoms with Gasteiger partial charge in [0, 0.05) is 34.2 Å². The monoisotopic (exact) mass is 497 g/mol. The first-order valence-electron chi connectivity index (χ1n) is 10.8. The third-order valence-electron chi connectivity index (χ3n) is 5.50. The fourth-order valence-electron chi connectivity index (χ4n) is 3.65. The number of hydrogen-bond acceptors (Lipinski definition) is 5. The van der Waals surface area contributed by atoms with Crippen LogP contribution in [0.25, 0.3) is 0 Å². The van der Waals surface area contributed by atoms with Crippen molar-refractivity contribution in [2.24, 2.45) is 5.92 Å². The fraction of sp³-hybridized carbons (Fsp3) is 0.240. The predicted molar refractivity (Wildman–Crippen MR) is 133 cm³/mol. The Labute approximate surface area is 206 Å². The molecule has 1 aliphatic heterocycles. The molecule has 2 N–H and O–H groups in total. The maximum absolute atomic E-state index is 12.5. The smallest absolute Gasteiger partial charge is 0.262 e. The second-order valence-electron chi connectivity index (χ2n) is 7.99. The molecule has 9 heteroatoms. The van der Waals surface area contributed by atoms with Crippen molar-refractivity contribution in [1.82, 2.24) is 5.32 Å². The summed E-state index contributed by atoms with van der Waals surface area (Å²) >= 11 is 7.56. The largest absolute Gasteiger partial charge is 0.484 e.